The Morgan fingerprint density at radius 1 is 1.28 bits per heavy atom. The molecule has 0 spiro atoms. The minimum Gasteiger partial charge on any atom is -0.491 e. The first-order valence-electron chi connectivity index (χ1n) is 8.23. The van der Waals surface area contributed by atoms with E-state index in [-0.39, 0.29) is 11.3 Å². The molecule has 25 heavy (non-hydrogen) atoms. The highest BCUT2D eigenvalue weighted by molar-refractivity contribution is 7.99. The van der Waals surface area contributed by atoms with Crippen molar-refractivity contribution in [2.75, 3.05) is 53.8 Å². The lowest BCUT2D eigenvalue weighted by atomic mass is 10.2. The van der Waals surface area contributed by atoms with Crippen molar-refractivity contribution in [1.82, 2.24) is 9.21 Å². The van der Waals surface area contributed by atoms with E-state index in [2.05, 4.69) is 4.90 Å². The van der Waals surface area contributed by atoms with Crippen LogP contribution in [-0.4, -0.2) is 82.7 Å². The summed E-state index contributed by atoms with van der Waals surface area (Å²) in [5, 5.41) is 0.280. The van der Waals surface area contributed by atoms with Gasteiger partial charge in [0.15, 0.2) is 0 Å². The molecule has 1 aliphatic heterocycles. The van der Waals surface area contributed by atoms with E-state index in [0.717, 1.165) is 5.56 Å². The van der Waals surface area contributed by atoms with Gasteiger partial charge >= 0.3 is 0 Å². The van der Waals surface area contributed by atoms with E-state index in [9.17, 15) is 8.42 Å². The second-order valence-electron chi connectivity index (χ2n) is 6.40. The maximum atomic E-state index is 13.0. The number of nitrogens with zero attached hydrogens (tertiary/aromatic N) is 2. The summed E-state index contributed by atoms with van der Waals surface area (Å²) in [7, 11) is 2.12. The lowest BCUT2D eigenvalue weighted by Crippen LogP contribution is -2.37. The highest BCUT2D eigenvalue weighted by Crippen LogP contribution is 2.30. The molecule has 1 fully saturated rings. The Labute approximate surface area is 155 Å². The Kier molecular flexibility index (Phi) is 7.16. The molecule has 1 saturated heterocycles. The van der Waals surface area contributed by atoms with Gasteiger partial charge in [-0.15, -0.1) is 0 Å². The first-order chi connectivity index (χ1) is 11.8. The number of hydrogen-bond acceptors (Lipinski definition) is 6. The summed E-state index contributed by atoms with van der Waals surface area (Å²) in [6.07, 6.45) is 2.04. The van der Waals surface area contributed by atoms with Crippen LogP contribution in [0.4, 0.5) is 0 Å². The Hall–Kier alpha value is -0.800. The lowest BCUT2D eigenvalue weighted by molar-refractivity contribution is 0.146. The maximum Gasteiger partial charge on any atom is 0.243 e. The number of hydrogen-bond donors (Lipinski definition) is 0. The first kappa shape index (κ1) is 20.5. The van der Waals surface area contributed by atoms with Crippen LogP contribution in [-0.2, 0) is 14.8 Å². The second-order valence-corrected chi connectivity index (χ2v) is 9.41. The van der Waals surface area contributed by atoms with Crippen LogP contribution in [0.25, 0.3) is 0 Å². The first-order valence-corrected chi connectivity index (χ1v) is 11.0. The van der Waals surface area contributed by atoms with Gasteiger partial charge in [0, 0.05) is 31.5 Å². The SMILES string of the molecule is COCCOc1ccc(S(=O)(=O)N2C[C@H](SC)[C@@H](N(C)C)C2)cc1C. The fourth-order valence-corrected chi connectivity index (χ4v) is 5.61. The third-order valence-corrected chi connectivity index (χ3v) is 7.40. The number of methoxy groups -OCH3 is 1. The predicted molar refractivity (Wildman–Crippen MR) is 102 cm³/mol. The molecular weight excluding hydrogens is 360 g/mol. The molecule has 2 rings (SSSR count). The Morgan fingerprint density at radius 3 is 2.52 bits per heavy atom. The quantitative estimate of drug-likeness (QED) is 0.632. The van der Waals surface area contributed by atoms with Crippen LogP contribution in [0.3, 0.4) is 0 Å². The fourth-order valence-electron chi connectivity index (χ4n) is 2.98. The Balaban J connectivity index is 2.18. The van der Waals surface area contributed by atoms with Gasteiger partial charge in [-0.05, 0) is 51.0 Å². The summed E-state index contributed by atoms with van der Waals surface area (Å²) < 4.78 is 38.2. The summed E-state index contributed by atoms with van der Waals surface area (Å²) in [4.78, 5) is 2.43. The number of ether oxygens (including phenoxy) is 2. The van der Waals surface area contributed by atoms with Crippen LogP contribution >= 0.6 is 11.8 Å². The molecule has 0 saturated carbocycles. The zero-order valence-electron chi connectivity index (χ0n) is 15.6. The molecule has 142 valence electrons. The maximum absolute atomic E-state index is 13.0. The molecule has 1 aliphatic rings. The van der Waals surface area contributed by atoms with Crippen LogP contribution in [0.1, 0.15) is 5.56 Å². The average Bonchev–Trinajstić information content (AvgIpc) is 3.02. The van der Waals surface area contributed by atoms with E-state index in [1.165, 1.54) is 0 Å². The van der Waals surface area contributed by atoms with Gasteiger partial charge in [-0.25, -0.2) is 8.42 Å². The highest BCUT2D eigenvalue weighted by atomic mass is 32.2. The summed E-state index contributed by atoms with van der Waals surface area (Å²) in [5.41, 5.74) is 0.807. The second kappa shape index (κ2) is 8.73. The molecule has 0 aromatic heterocycles. The van der Waals surface area contributed by atoms with Crippen LogP contribution in [0.15, 0.2) is 23.1 Å². The Morgan fingerprint density at radius 2 is 2.00 bits per heavy atom. The minimum atomic E-state index is -3.50. The van der Waals surface area contributed by atoms with Gasteiger partial charge in [-0.3, -0.25) is 0 Å². The molecule has 0 aliphatic carbocycles. The van der Waals surface area contributed by atoms with Gasteiger partial charge in [0.2, 0.25) is 10.0 Å². The van der Waals surface area contributed by atoms with Crippen LogP contribution < -0.4 is 4.74 Å². The molecular formula is C17H28N2O4S2. The molecule has 2 atom stereocenters. The topological polar surface area (TPSA) is 59.1 Å². The van der Waals surface area contributed by atoms with E-state index >= 15 is 0 Å². The van der Waals surface area contributed by atoms with E-state index < -0.39 is 10.0 Å². The van der Waals surface area contributed by atoms with E-state index in [0.29, 0.717) is 36.9 Å². The standard InChI is InChI=1S/C17H28N2O4S2/c1-13-10-14(6-7-16(13)23-9-8-22-4)25(20,21)19-11-15(18(2)3)17(12-19)24-5/h6-7,10,15,17H,8-9,11-12H2,1-5H3/t15-,17-/m0/s1. The van der Waals surface area contributed by atoms with Crippen molar-refractivity contribution in [1.29, 1.82) is 0 Å². The van der Waals surface area contributed by atoms with E-state index in [4.69, 9.17) is 9.47 Å². The van der Waals surface area contributed by atoms with E-state index in [1.54, 1.807) is 41.4 Å². The summed E-state index contributed by atoms with van der Waals surface area (Å²) in [6, 6.07) is 5.27. The molecule has 0 amide bonds. The monoisotopic (exact) mass is 388 g/mol. The van der Waals surface area contributed by atoms with Crippen LogP contribution in [0.2, 0.25) is 0 Å². The van der Waals surface area contributed by atoms with E-state index in [1.807, 2.05) is 27.3 Å². The number of thioether (sulfide) groups is 1. The van der Waals surface area contributed by atoms with Crippen molar-refractivity contribution in [2.24, 2.45) is 0 Å². The smallest absolute Gasteiger partial charge is 0.243 e. The predicted octanol–water partition coefficient (Wildman–Crippen LogP) is 1.69. The minimum absolute atomic E-state index is 0.225. The van der Waals surface area contributed by atoms with Gasteiger partial charge in [0.25, 0.3) is 0 Å². The lowest BCUT2D eigenvalue weighted by Gasteiger charge is -2.23. The number of aryl methyl sites for hydroxylation is 1. The largest absolute Gasteiger partial charge is 0.491 e. The number of sulfonamides is 1. The Bertz CT molecular complexity index is 679. The fraction of sp³-hybridized carbons (Fsp3) is 0.647. The zero-order valence-corrected chi connectivity index (χ0v) is 17.2. The summed E-state index contributed by atoms with van der Waals surface area (Å²) >= 11 is 1.72. The van der Waals surface area contributed by atoms with Crippen molar-refractivity contribution >= 4 is 21.8 Å². The molecule has 6 nitrogen and oxygen atoms in total. The van der Waals surface area contributed by atoms with Crippen LogP contribution in [0.5, 0.6) is 5.75 Å². The molecule has 1 heterocycles. The zero-order chi connectivity index (χ0) is 18.6. The molecule has 0 bridgehead atoms. The van der Waals surface area contributed by atoms with Gasteiger partial charge in [-0.2, -0.15) is 16.1 Å². The van der Waals surface area contributed by atoms with Crippen molar-refractivity contribution in [3.05, 3.63) is 23.8 Å². The molecule has 1 aromatic rings. The van der Waals surface area contributed by atoms with Gasteiger partial charge in [0.05, 0.1) is 11.5 Å². The van der Waals surface area contributed by atoms with Crippen molar-refractivity contribution < 1.29 is 17.9 Å². The molecule has 0 radical (unpaired) electrons. The summed E-state index contributed by atoms with van der Waals surface area (Å²) in [5.74, 6) is 0.686. The van der Waals surface area contributed by atoms with Crippen molar-refractivity contribution in [3.8, 4) is 5.75 Å². The third kappa shape index (κ3) is 4.68. The van der Waals surface area contributed by atoms with Crippen molar-refractivity contribution in [3.63, 3.8) is 0 Å². The molecule has 1 aromatic carbocycles. The van der Waals surface area contributed by atoms with Crippen LogP contribution in [0, 0.1) is 6.92 Å². The number of rotatable bonds is 8. The van der Waals surface area contributed by atoms with Gasteiger partial charge < -0.3 is 14.4 Å². The molecule has 8 heteroatoms. The molecule has 0 N–H and O–H groups in total. The van der Waals surface area contributed by atoms with Gasteiger partial charge in [0.1, 0.15) is 12.4 Å². The normalized spacial score (nSPS) is 21.8. The molecule has 0 unspecified atom stereocenters. The highest BCUT2D eigenvalue weighted by Gasteiger charge is 2.40. The average molecular weight is 389 g/mol. The van der Waals surface area contributed by atoms with Crippen molar-refractivity contribution in [2.45, 2.75) is 23.1 Å². The number of likely N-dealkylation sites (N-methyl/N-ethyl adjacent to an activating group) is 1. The summed E-state index contributed by atoms with van der Waals surface area (Å²) in [6.45, 7) is 3.85. The number of benzene rings is 1. The third-order valence-electron chi connectivity index (χ3n) is 4.50. The van der Waals surface area contributed by atoms with Gasteiger partial charge in [-0.1, -0.05) is 0 Å².